The number of carbonyl (C=O) groups is 1. The first-order valence-electron chi connectivity index (χ1n) is 6.04. The molecule has 3 nitrogen and oxygen atoms in total. The molecule has 1 aromatic carbocycles. The molecule has 1 rings (SSSR count). The van der Waals surface area contributed by atoms with Crippen LogP contribution in [0, 0.1) is 0 Å². The van der Waals surface area contributed by atoms with Crippen molar-refractivity contribution in [3.05, 3.63) is 42.0 Å². The van der Waals surface area contributed by atoms with Crippen LogP contribution in [-0.2, 0) is 4.79 Å². The van der Waals surface area contributed by atoms with Gasteiger partial charge >= 0.3 is 0 Å². The molecule has 6 heteroatoms. The maximum atomic E-state index is 12.1. The van der Waals surface area contributed by atoms with Gasteiger partial charge in [-0.05, 0) is 26.0 Å². The number of amides is 1. The number of hydrogen-bond acceptors (Lipinski definition) is 2. The van der Waals surface area contributed by atoms with Crippen LogP contribution in [-0.4, -0.2) is 28.3 Å². The van der Waals surface area contributed by atoms with Gasteiger partial charge in [0, 0.05) is 7.05 Å². The zero-order valence-corrected chi connectivity index (χ0v) is 13.9. The number of allylic oxidation sites excluding steroid dienone is 1. The third-order valence-corrected chi connectivity index (χ3v) is 3.11. The Morgan fingerprint density at radius 1 is 1.20 bits per heavy atom. The Morgan fingerprint density at radius 3 is 2.20 bits per heavy atom. The van der Waals surface area contributed by atoms with Gasteiger partial charge in [-0.25, -0.2) is 0 Å². The lowest BCUT2D eigenvalue weighted by Crippen LogP contribution is -2.48. The number of alkyl halides is 3. The summed E-state index contributed by atoms with van der Waals surface area (Å²) in [7, 11) is 1.58. The molecule has 0 radical (unpaired) electrons. The monoisotopic (exact) mass is 334 g/mol. The molecule has 1 aromatic rings. The maximum absolute atomic E-state index is 12.1. The van der Waals surface area contributed by atoms with E-state index in [1.807, 2.05) is 50.3 Å². The fraction of sp³-hybridized carbons (Fsp3) is 0.357. The van der Waals surface area contributed by atoms with E-state index in [0.29, 0.717) is 6.54 Å². The van der Waals surface area contributed by atoms with Crippen molar-refractivity contribution in [3.63, 3.8) is 0 Å². The average Bonchev–Trinajstić information content (AvgIpc) is 2.37. The van der Waals surface area contributed by atoms with E-state index in [0.717, 1.165) is 11.3 Å². The van der Waals surface area contributed by atoms with Crippen LogP contribution < -0.4 is 5.01 Å². The summed E-state index contributed by atoms with van der Waals surface area (Å²) in [5, 5.41) is 3.07. The summed E-state index contributed by atoms with van der Waals surface area (Å²) in [5.41, 5.74) is 1.98. The largest absolute Gasteiger partial charge is 0.292 e. The zero-order valence-electron chi connectivity index (χ0n) is 11.6. The van der Waals surface area contributed by atoms with Gasteiger partial charge in [-0.15, -0.1) is 0 Å². The minimum absolute atomic E-state index is 0.509. The Bertz CT molecular complexity index is 479. The van der Waals surface area contributed by atoms with E-state index in [2.05, 4.69) is 0 Å². The fourth-order valence-corrected chi connectivity index (χ4v) is 1.93. The summed E-state index contributed by atoms with van der Waals surface area (Å²) in [5.74, 6) is -0.603. The van der Waals surface area contributed by atoms with Crippen LogP contribution in [0.1, 0.15) is 13.8 Å². The van der Waals surface area contributed by atoms with E-state index < -0.39 is 9.70 Å². The topological polar surface area (TPSA) is 23.6 Å². The molecule has 0 atom stereocenters. The third kappa shape index (κ3) is 4.89. The first-order chi connectivity index (χ1) is 9.23. The van der Waals surface area contributed by atoms with Crippen molar-refractivity contribution in [2.75, 3.05) is 18.6 Å². The van der Waals surface area contributed by atoms with Crippen LogP contribution in [0.3, 0.4) is 0 Å². The quantitative estimate of drug-likeness (QED) is 0.467. The van der Waals surface area contributed by atoms with Crippen molar-refractivity contribution in [3.8, 4) is 0 Å². The van der Waals surface area contributed by atoms with Gasteiger partial charge in [-0.1, -0.05) is 64.7 Å². The van der Waals surface area contributed by atoms with Crippen molar-refractivity contribution in [2.45, 2.75) is 17.6 Å². The molecular weight excluding hydrogens is 319 g/mol. The first kappa shape index (κ1) is 17.2. The van der Waals surface area contributed by atoms with Crippen LogP contribution in [0.15, 0.2) is 42.0 Å². The minimum Gasteiger partial charge on any atom is -0.279 e. The zero-order chi connectivity index (χ0) is 15.3. The molecule has 0 aliphatic rings. The Labute approximate surface area is 134 Å². The minimum atomic E-state index is -1.98. The fourth-order valence-electron chi connectivity index (χ4n) is 1.56. The van der Waals surface area contributed by atoms with Gasteiger partial charge in [-0.3, -0.25) is 14.8 Å². The van der Waals surface area contributed by atoms with Gasteiger partial charge in [-0.2, -0.15) is 0 Å². The summed E-state index contributed by atoms with van der Waals surface area (Å²) in [6, 6.07) is 9.46. The predicted molar refractivity (Wildman–Crippen MR) is 86.3 cm³/mol. The molecule has 0 bridgehead atoms. The second kappa shape index (κ2) is 7.21. The number of para-hydroxylation sites is 1. The van der Waals surface area contributed by atoms with Gasteiger partial charge in [0.15, 0.2) is 0 Å². The molecule has 0 unspecified atom stereocenters. The highest BCUT2D eigenvalue weighted by atomic mass is 35.6. The molecule has 0 aliphatic carbocycles. The molecule has 0 spiro atoms. The highest BCUT2D eigenvalue weighted by molar-refractivity contribution is 6.76. The molecule has 0 heterocycles. The number of halogens is 3. The Hall–Kier alpha value is -0.900. The van der Waals surface area contributed by atoms with Crippen molar-refractivity contribution in [1.82, 2.24) is 5.01 Å². The molecule has 0 aromatic heterocycles. The van der Waals surface area contributed by atoms with E-state index in [9.17, 15) is 4.79 Å². The average molecular weight is 336 g/mol. The van der Waals surface area contributed by atoms with E-state index in [4.69, 9.17) is 34.8 Å². The molecule has 20 heavy (non-hydrogen) atoms. The van der Waals surface area contributed by atoms with Crippen molar-refractivity contribution in [1.29, 1.82) is 0 Å². The Kier molecular flexibility index (Phi) is 6.18. The van der Waals surface area contributed by atoms with E-state index >= 15 is 0 Å². The maximum Gasteiger partial charge on any atom is 0.292 e. The lowest BCUT2D eigenvalue weighted by molar-refractivity contribution is -0.129. The number of hydrazine groups is 1. The molecule has 1 amide bonds. The smallest absolute Gasteiger partial charge is 0.279 e. The van der Waals surface area contributed by atoms with Crippen LogP contribution >= 0.6 is 34.8 Å². The van der Waals surface area contributed by atoms with E-state index in [1.54, 1.807) is 12.1 Å². The number of rotatable bonds is 4. The van der Waals surface area contributed by atoms with Crippen molar-refractivity contribution in [2.24, 2.45) is 0 Å². The molecule has 110 valence electrons. The van der Waals surface area contributed by atoms with Gasteiger partial charge in [0.1, 0.15) is 0 Å². The molecule has 0 N–H and O–H groups in total. The standard InChI is InChI=1S/C14H17Cl3N2O/c1-11(2)9-10-19(12-7-5-4-6-8-12)18(3)13(20)14(15,16)17/h4-9H,10H2,1-3H3. The van der Waals surface area contributed by atoms with Crippen LogP contribution in [0.4, 0.5) is 5.69 Å². The highest BCUT2D eigenvalue weighted by Gasteiger charge is 2.36. The summed E-state index contributed by atoms with van der Waals surface area (Å²) in [6.07, 6.45) is 2.00. The second-order valence-corrected chi connectivity index (χ2v) is 6.81. The number of anilines is 1. The Balaban J connectivity index is 3.05. The number of hydrogen-bond donors (Lipinski definition) is 0. The van der Waals surface area contributed by atoms with Crippen LogP contribution in [0.2, 0.25) is 0 Å². The number of nitrogens with zero attached hydrogens (tertiary/aromatic N) is 2. The van der Waals surface area contributed by atoms with Crippen LogP contribution in [0.25, 0.3) is 0 Å². The normalized spacial score (nSPS) is 10.9. The predicted octanol–water partition coefficient (Wildman–Crippen LogP) is 4.20. The summed E-state index contributed by atoms with van der Waals surface area (Å²) >= 11 is 17.0. The van der Waals surface area contributed by atoms with Crippen molar-refractivity contribution < 1.29 is 4.79 Å². The molecular formula is C14H17Cl3N2O. The molecule has 0 fully saturated rings. The van der Waals surface area contributed by atoms with Gasteiger partial charge in [0.05, 0.1) is 12.2 Å². The lowest BCUT2D eigenvalue weighted by atomic mass is 10.3. The number of benzene rings is 1. The van der Waals surface area contributed by atoms with Crippen LogP contribution in [0.5, 0.6) is 0 Å². The van der Waals surface area contributed by atoms with E-state index in [-0.39, 0.29) is 0 Å². The molecule has 0 saturated heterocycles. The number of carbonyl (C=O) groups excluding carboxylic acids is 1. The highest BCUT2D eigenvalue weighted by Crippen LogP contribution is 2.29. The van der Waals surface area contributed by atoms with E-state index in [1.165, 1.54) is 5.01 Å². The van der Waals surface area contributed by atoms with Gasteiger partial charge in [0.2, 0.25) is 0 Å². The lowest BCUT2D eigenvalue weighted by Gasteiger charge is -2.34. The second-order valence-electron chi connectivity index (χ2n) is 4.53. The van der Waals surface area contributed by atoms with Gasteiger partial charge < -0.3 is 0 Å². The van der Waals surface area contributed by atoms with Crippen molar-refractivity contribution >= 4 is 46.4 Å². The Morgan fingerprint density at radius 2 is 1.75 bits per heavy atom. The first-order valence-corrected chi connectivity index (χ1v) is 7.17. The SMILES string of the molecule is CC(C)=CCN(c1ccccc1)N(C)C(=O)C(Cl)(Cl)Cl. The van der Waals surface area contributed by atoms with Gasteiger partial charge in [0.25, 0.3) is 9.70 Å². The summed E-state index contributed by atoms with van der Waals surface area (Å²) in [6.45, 7) is 4.48. The third-order valence-electron chi connectivity index (χ3n) is 2.63. The molecule has 0 saturated carbocycles. The summed E-state index contributed by atoms with van der Waals surface area (Å²) in [4.78, 5) is 12.1. The summed E-state index contributed by atoms with van der Waals surface area (Å²) < 4.78 is -1.98. The molecule has 0 aliphatic heterocycles.